The molecule has 0 aliphatic rings. The zero-order chi connectivity index (χ0) is 10.4. The highest BCUT2D eigenvalue weighted by atomic mass is 79.9. The molecule has 5 heteroatoms. The summed E-state index contributed by atoms with van der Waals surface area (Å²) in [5.41, 5.74) is 0. The van der Waals surface area contributed by atoms with Gasteiger partial charge in [0.15, 0.2) is 5.13 Å². The maximum atomic E-state index is 5.32. The first kappa shape index (κ1) is 11.9. The molecule has 0 atom stereocenters. The Morgan fingerprint density at radius 1 is 1.57 bits per heavy atom. The van der Waals surface area contributed by atoms with E-state index >= 15 is 0 Å². The number of hydrogen-bond acceptors (Lipinski definition) is 4. The first-order valence-electron chi connectivity index (χ1n) is 4.71. The number of nitrogens with zero attached hydrogens (tertiary/aromatic N) is 2. The van der Waals surface area contributed by atoms with Gasteiger partial charge < -0.3 is 9.64 Å². The highest BCUT2D eigenvalue weighted by molar-refractivity contribution is 9.10. The molecular formula is C9H15BrN2OS. The van der Waals surface area contributed by atoms with E-state index < -0.39 is 0 Å². The molecule has 0 aliphatic carbocycles. The number of likely N-dealkylation sites (N-methyl/N-ethyl adjacent to an activating group) is 1. The number of anilines is 1. The monoisotopic (exact) mass is 278 g/mol. The number of rotatable bonds is 6. The third-order valence-electron chi connectivity index (χ3n) is 1.83. The van der Waals surface area contributed by atoms with Gasteiger partial charge in [-0.3, -0.25) is 0 Å². The lowest BCUT2D eigenvalue weighted by atomic mass is 10.5. The first-order chi connectivity index (χ1) is 6.77. The molecule has 1 aromatic heterocycles. The summed E-state index contributed by atoms with van der Waals surface area (Å²) in [7, 11) is 0. The SMILES string of the molecule is CCOCCN(CC)c1nc(Br)cs1. The molecule has 1 rings (SSSR count). The van der Waals surface area contributed by atoms with Crippen LogP contribution in [0.25, 0.3) is 0 Å². The highest BCUT2D eigenvalue weighted by Gasteiger charge is 2.07. The maximum Gasteiger partial charge on any atom is 0.186 e. The number of halogens is 1. The van der Waals surface area contributed by atoms with E-state index in [1.165, 1.54) is 0 Å². The molecule has 0 unspecified atom stereocenters. The fraction of sp³-hybridized carbons (Fsp3) is 0.667. The summed E-state index contributed by atoms with van der Waals surface area (Å²) < 4.78 is 6.23. The molecule has 0 aromatic carbocycles. The van der Waals surface area contributed by atoms with Crippen molar-refractivity contribution in [1.29, 1.82) is 0 Å². The van der Waals surface area contributed by atoms with E-state index in [4.69, 9.17) is 4.74 Å². The van der Waals surface area contributed by atoms with Gasteiger partial charge in [0.1, 0.15) is 4.60 Å². The van der Waals surface area contributed by atoms with Crippen molar-refractivity contribution in [3.8, 4) is 0 Å². The van der Waals surface area contributed by atoms with Gasteiger partial charge >= 0.3 is 0 Å². The van der Waals surface area contributed by atoms with Gasteiger partial charge in [0.2, 0.25) is 0 Å². The van der Waals surface area contributed by atoms with Crippen molar-refractivity contribution in [2.45, 2.75) is 13.8 Å². The standard InChI is InChI=1S/C9H15BrN2OS/c1-3-12(5-6-13-4-2)9-11-8(10)7-14-9/h7H,3-6H2,1-2H3. The fourth-order valence-electron chi connectivity index (χ4n) is 1.10. The number of aromatic nitrogens is 1. The quantitative estimate of drug-likeness (QED) is 0.749. The van der Waals surface area contributed by atoms with E-state index in [1.54, 1.807) is 11.3 Å². The van der Waals surface area contributed by atoms with Gasteiger partial charge in [-0.05, 0) is 29.8 Å². The van der Waals surface area contributed by atoms with Crippen LogP contribution in [0.2, 0.25) is 0 Å². The topological polar surface area (TPSA) is 25.4 Å². The number of thiazole rings is 1. The Balaban J connectivity index is 2.45. The van der Waals surface area contributed by atoms with E-state index in [2.05, 4.69) is 32.7 Å². The molecule has 80 valence electrons. The zero-order valence-corrected chi connectivity index (χ0v) is 10.9. The minimum atomic E-state index is 0.765. The summed E-state index contributed by atoms with van der Waals surface area (Å²) >= 11 is 5.01. The van der Waals surface area contributed by atoms with Crippen LogP contribution in [0, 0.1) is 0 Å². The third kappa shape index (κ3) is 3.55. The van der Waals surface area contributed by atoms with Crippen LogP contribution >= 0.6 is 27.3 Å². The Bertz CT molecular complexity index is 267. The second-order valence-electron chi connectivity index (χ2n) is 2.73. The molecular weight excluding hydrogens is 264 g/mol. The zero-order valence-electron chi connectivity index (χ0n) is 8.49. The number of hydrogen-bond donors (Lipinski definition) is 0. The molecule has 0 saturated carbocycles. The van der Waals surface area contributed by atoms with Gasteiger partial charge in [-0.1, -0.05) is 0 Å². The fourth-order valence-corrected chi connectivity index (χ4v) is 2.44. The minimum absolute atomic E-state index is 0.765. The van der Waals surface area contributed by atoms with Crippen LogP contribution in [0.5, 0.6) is 0 Å². The summed E-state index contributed by atoms with van der Waals surface area (Å²) in [5.74, 6) is 0. The lowest BCUT2D eigenvalue weighted by Gasteiger charge is -2.19. The van der Waals surface area contributed by atoms with Crippen molar-refractivity contribution in [3.63, 3.8) is 0 Å². The molecule has 0 bridgehead atoms. The average molecular weight is 279 g/mol. The third-order valence-corrected chi connectivity index (χ3v) is 3.44. The normalized spacial score (nSPS) is 10.5. The minimum Gasteiger partial charge on any atom is -0.380 e. The molecule has 1 heterocycles. The Kier molecular flexibility index (Phi) is 5.44. The Labute approximate surface area is 97.2 Å². The van der Waals surface area contributed by atoms with Crippen LogP contribution in [-0.4, -0.2) is 31.3 Å². The van der Waals surface area contributed by atoms with E-state index in [9.17, 15) is 0 Å². The molecule has 0 aliphatic heterocycles. The second-order valence-corrected chi connectivity index (χ2v) is 4.38. The van der Waals surface area contributed by atoms with E-state index in [0.717, 1.165) is 36.0 Å². The summed E-state index contributed by atoms with van der Waals surface area (Å²) in [5, 5.41) is 3.05. The van der Waals surface area contributed by atoms with Crippen molar-refractivity contribution in [1.82, 2.24) is 4.98 Å². The lowest BCUT2D eigenvalue weighted by Crippen LogP contribution is -2.26. The van der Waals surface area contributed by atoms with Crippen molar-refractivity contribution >= 4 is 32.4 Å². The maximum absolute atomic E-state index is 5.32. The average Bonchev–Trinajstić information content (AvgIpc) is 2.60. The molecule has 0 N–H and O–H groups in total. The number of ether oxygens (including phenoxy) is 1. The smallest absolute Gasteiger partial charge is 0.186 e. The molecule has 0 amide bonds. The summed E-state index contributed by atoms with van der Waals surface area (Å²) in [6, 6.07) is 0. The molecule has 0 saturated heterocycles. The lowest BCUT2D eigenvalue weighted by molar-refractivity contribution is 0.154. The molecule has 1 aromatic rings. The Morgan fingerprint density at radius 2 is 2.36 bits per heavy atom. The molecule has 3 nitrogen and oxygen atoms in total. The molecule has 0 fully saturated rings. The van der Waals surface area contributed by atoms with Crippen LogP contribution in [0.15, 0.2) is 9.98 Å². The van der Waals surface area contributed by atoms with Crippen LogP contribution in [-0.2, 0) is 4.74 Å². The summed E-state index contributed by atoms with van der Waals surface area (Å²) in [6.45, 7) is 7.55. The first-order valence-corrected chi connectivity index (χ1v) is 6.38. The highest BCUT2D eigenvalue weighted by Crippen LogP contribution is 2.23. The van der Waals surface area contributed by atoms with Gasteiger partial charge in [0.05, 0.1) is 6.61 Å². The Morgan fingerprint density at radius 3 is 2.86 bits per heavy atom. The predicted octanol–water partition coefficient (Wildman–Crippen LogP) is 2.77. The van der Waals surface area contributed by atoms with Crippen molar-refractivity contribution in [3.05, 3.63) is 9.98 Å². The predicted molar refractivity (Wildman–Crippen MR) is 64.2 cm³/mol. The van der Waals surface area contributed by atoms with E-state index in [0.29, 0.717) is 0 Å². The van der Waals surface area contributed by atoms with Gasteiger partial charge in [0.25, 0.3) is 0 Å². The summed E-state index contributed by atoms with van der Waals surface area (Å²) in [4.78, 5) is 6.58. The van der Waals surface area contributed by atoms with Gasteiger partial charge in [-0.25, -0.2) is 4.98 Å². The van der Waals surface area contributed by atoms with Crippen molar-refractivity contribution < 1.29 is 4.74 Å². The second kappa shape index (κ2) is 6.37. The van der Waals surface area contributed by atoms with Crippen LogP contribution in [0.3, 0.4) is 0 Å². The van der Waals surface area contributed by atoms with Crippen LogP contribution in [0.4, 0.5) is 5.13 Å². The van der Waals surface area contributed by atoms with Gasteiger partial charge in [-0.2, -0.15) is 0 Å². The van der Waals surface area contributed by atoms with Crippen LogP contribution < -0.4 is 4.90 Å². The van der Waals surface area contributed by atoms with Gasteiger partial charge in [-0.15, -0.1) is 11.3 Å². The van der Waals surface area contributed by atoms with E-state index in [-0.39, 0.29) is 0 Å². The van der Waals surface area contributed by atoms with Crippen molar-refractivity contribution in [2.24, 2.45) is 0 Å². The van der Waals surface area contributed by atoms with E-state index in [1.807, 2.05) is 12.3 Å². The molecule has 14 heavy (non-hydrogen) atoms. The van der Waals surface area contributed by atoms with Crippen LogP contribution in [0.1, 0.15) is 13.8 Å². The largest absolute Gasteiger partial charge is 0.380 e. The van der Waals surface area contributed by atoms with Gasteiger partial charge in [0, 0.05) is 25.1 Å². The van der Waals surface area contributed by atoms with Crippen molar-refractivity contribution in [2.75, 3.05) is 31.2 Å². The molecule has 0 spiro atoms. The molecule has 0 radical (unpaired) electrons. The summed E-state index contributed by atoms with van der Waals surface area (Å²) in [6.07, 6.45) is 0. The Hall–Kier alpha value is -0.130.